The topological polar surface area (TPSA) is 52.3 Å². The molecule has 2 N–H and O–H groups in total. The maximum absolute atomic E-state index is 11.5. The third-order valence-corrected chi connectivity index (χ3v) is 3.53. The largest absolute Gasteiger partial charge is 0.466 e. The van der Waals surface area contributed by atoms with Gasteiger partial charge in [0.15, 0.2) is 0 Å². The third-order valence-electron chi connectivity index (χ3n) is 3.53. The molecular weight excluding hydrogens is 190 g/mol. The monoisotopic (exact) mass is 213 g/mol. The Morgan fingerprint density at radius 3 is 2.80 bits per heavy atom. The van der Waals surface area contributed by atoms with E-state index in [0.717, 1.165) is 25.7 Å². The maximum Gasteiger partial charge on any atom is 0.307 e. The Labute approximate surface area is 92.4 Å². The fourth-order valence-corrected chi connectivity index (χ4v) is 2.66. The molecule has 0 radical (unpaired) electrons. The van der Waals surface area contributed by atoms with Crippen molar-refractivity contribution in [3.05, 3.63) is 0 Å². The van der Waals surface area contributed by atoms with E-state index in [1.165, 1.54) is 6.42 Å². The van der Waals surface area contributed by atoms with E-state index in [0.29, 0.717) is 18.9 Å². The molecule has 1 aliphatic rings. The van der Waals surface area contributed by atoms with Gasteiger partial charge in [0.25, 0.3) is 0 Å². The lowest BCUT2D eigenvalue weighted by Crippen LogP contribution is -2.50. The van der Waals surface area contributed by atoms with E-state index in [4.69, 9.17) is 10.5 Å². The average Bonchev–Trinajstić information content (AvgIpc) is 2.18. The van der Waals surface area contributed by atoms with Crippen molar-refractivity contribution in [1.29, 1.82) is 0 Å². The Hall–Kier alpha value is -0.570. The Bertz CT molecular complexity index is 218. The molecule has 15 heavy (non-hydrogen) atoms. The van der Waals surface area contributed by atoms with Crippen LogP contribution in [0, 0.1) is 5.92 Å². The van der Waals surface area contributed by atoms with Crippen molar-refractivity contribution in [2.45, 2.75) is 57.9 Å². The fourth-order valence-electron chi connectivity index (χ4n) is 2.66. The summed E-state index contributed by atoms with van der Waals surface area (Å²) < 4.78 is 4.98. The SMILES string of the molecule is CCOC(=O)CC1(N)CCCCC1CC. The van der Waals surface area contributed by atoms with Gasteiger partial charge in [-0.05, 0) is 25.7 Å². The third kappa shape index (κ3) is 3.20. The van der Waals surface area contributed by atoms with Crippen LogP contribution in [0.3, 0.4) is 0 Å². The molecule has 0 saturated heterocycles. The zero-order chi connectivity index (χ0) is 11.3. The predicted molar refractivity (Wildman–Crippen MR) is 60.4 cm³/mol. The van der Waals surface area contributed by atoms with E-state index < -0.39 is 0 Å². The van der Waals surface area contributed by atoms with Crippen LogP contribution in [0.25, 0.3) is 0 Å². The van der Waals surface area contributed by atoms with Gasteiger partial charge in [-0.25, -0.2) is 0 Å². The van der Waals surface area contributed by atoms with E-state index in [9.17, 15) is 4.79 Å². The Balaban J connectivity index is 2.57. The van der Waals surface area contributed by atoms with E-state index in [2.05, 4.69) is 6.92 Å². The van der Waals surface area contributed by atoms with Crippen LogP contribution in [-0.2, 0) is 9.53 Å². The molecule has 0 amide bonds. The van der Waals surface area contributed by atoms with Crippen molar-refractivity contribution in [3.8, 4) is 0 Å². The predicted octanol–water partition coefficient (Wildman–Crippen LogP) is 2.24. The summed E-state index contributed by atoms with van der Waals surface area (Å²) in [4.78, 5) is 11.5. The molecule has 3 nitrogen and oxygen atoms in total. The van der Waals surface area contributed by atoms with Crippen LogP contribution in [0.1, 0.15) is 52.4 Å². The summed E-state index contributed by atoms with van der Waals surface area (Å²) in [5.74, 6) is 0.344. The highest BCUT2D eigenvalue weighted by atomic mass is 16.5. The fraction of sp³-hybridized carbons (Fsp3) is 0.917. The van der Waals surface area contributed by atoms with E-state index in [1.807, 2.05) is 6.92 Å². The van der Waals surface area contributed by atoms with E-state index in [-0.39, 0.29) is 11.5 Å². The summed E-state index contributed by atoms with van der Waals surface area (Å²) in [5, 5.41) is 0. The van der Waals surface area contributed by atoms with Gasteiger partial charge < -0.3 is 10.5 Å². The molecule has 88 valence electrons. The zero-order valence-electron chi connectivity index (χ0n) is 9.92. The van der Waals surface area contributed by atoms with Gasteiger partial charge in [-0.1, -0.05) is 26.2 Å². The number of carbonyl (C=O) groups excluding carboxylic acids is 1. The van der Waals surface area contributed by atoms with Gasteiger partial charge in [0.1, 0.15) is 0 Å². The summed E-state index contributed by atoms with van der Waals surface area (Å²) in [6.07, 6.45) is 5.97. The average molecular weight is 213 g/mol. The lowest BCUT2D eigenvalue weighted by Gasteiger charge is -2.40. The second kappa shape index (κ2) is 5.50. The summed E-state index contributed by atoms with van der Waals surface area (Å²) >= 11 is 0. The van der Waals surface area contributed by atoms with Crippen LogP contribution in [0.15, 0.2) is 0 Å². The first-order valence-corrected chi connectivity index (χ1v) is 6.07. The van der Waals surface area contributed by atoms with Crippen LogP contribution in [0.4, 0.5) is 0 Å². The summed E-state index contributed by atoms with van der Waals surface area (Å²) in [6.45, 7) is 4.44. The molecule has 2 unspecified atom stereocenters. The number of ether oxygens (including phenoxy) is 1. The molecule has 2 atom stereocenters. The highest BCUT2D eigenvalue weighted by Gasteiger charge is 2.38. The molecule has 0 aromatic heterocycles. The van der Waals surface area contributed by atoms with Crippen molar-refractivity contribution in [1.82, 2.24) is 0 Å². The van der Waals surface area contributed by atoms with Gasteiger partial charge in [0, 0.05) is 5.54 Å². The van der Waals surface area contributed by atoms with Gasteiger partial charge in [-0.15, -0.1) is 0 Å². The van der Waals surface area contributed by atoms with E-state index >= 15 is 0 Å². The Morgan fingerprint density at radius 2 is 2.20 bits per heavy atom. The number of hydrogen-bond acceptors (Lipinski definition) is 3. The number of nitrogens with two attached hydrogens (primary N) is 1. The molecule has 1 rings (SSSR count). The lowest BCUT2D eigenvalue weighted by atomic mass is 9.70. The first kappa shape index (κ1) is 12.5. The molecule has 1 fully saturated rings. The Kier molecular flexibility index (Phi) is 4.58. The second-order valence-electron chi connectivity index (χ2n) is 4.57. The molecule has 0 heterocycles. The summed E-state index contributed by atoms with van der Waals surface area (Å²) in [5.41, 5.74) is 6.04. The molecule has 0 aromatic rings. The first-order chi connectivity index (χ1) is 7.12. The van der Waals surface area contributed by atoms with Crippen molar-refractivity contribution in [2.75, 3.05) is 6.61 Å². The molecule has 0 spiro atoms. The maximum atomic E-state index is 11.5. The molecular formula is C12H23NO2. The number of carbonyl (C=O) groups is 1. The van der Waals surface area contributed by atoms with Crippen molar-refractivity contribution in [2.24, 2.45) is 11.7 Å². The Morgan fingerprint density at radius 1 is 1.47 bits per heavy atom. The van der Waals surface area contributed by atoms with Gasteiger partial charge in [-0.2, -0.15) is 0 Å². The zero-order valence-corrected chi connectivity index (χ0v) is 9.92. The summed E-state index contributed by atoms with van der Waals surface area (Å²) in [7, 11) is 0. The second-order valence-corrected chi connectivity index (χ2v) is 4.57. The highest BCUT2D eigenvalue weighted by Crippen LogP contribution is 2.36. The molecule has 0 bridgehead atoms. The molecule has 3 heteroatoms. The number of hydrogen-bond donors (Lipinski definition) is 1. The van der Waals surface area contributed by atoms with E-state index in [1.54, 1.807) is 0 Å². The van der Waals surface area contributed by atoms with Crippen molar-refractivity contribution < 1.29 is 9.53 Å². The smallest absolute Gasteiger partial charge is 0.307 e. The minimum atomic E-state index is -0.306. The van der Waals surface area contributed by atoms with Crippen LogP contribution >= 0.6 is 0 Å². The quantitative estimate of drug-likeness (QED) is 0.729. The summed E-state index contributed by atoms with van der Waals surface area (Å²) in [6, 6.07) is 0. The van der Waals surface area contributed by atoms with Gasteiger partial charge >= 0.3 is 5.97 Å². The standard InChI is InChI=1S/C12H23NO2/c1-3-10-7-5-6-8-12(10,13)9-11(14)15-4-2/h10H,3-9,13H2,1-2H3. The normalized spacial score (nSPS) is 31.3. The highest BCUT2D eigenvalue weighted by molar-refractivity contribution is 5.71. The van der Waals surface area contributed by atoms with Crippen LogP contribution < -0.4 is 5.73 Å². The lowest BCUT2D eigenvalue weighted by molar-refractivity contribution is -0.145. The number of rotatable bonds is 4. The van der Waals surface area contributed by atoms with Gasteiger partial charge in [0.2, 0.25) is 0 Å². The van der Waals surface area contributed by atoms with Crippen molar-refractivity contribution in [3.63, 3.8) is 0 Å². The molecule has 0 aromatic carbocycles. The van der Waals surface area contributed by atoms with Gasteiger partial charge in [0.05, 0.1) is 13.0 Å². The van der Waals surface area contributed by atoms with Crippen LogP contribution in [0.2, 0.25) is 0 Å². The van der Waals surface area contributed by atoms with Gasteiger partial charge in [-0.3, -0.25) is 4.79 Å². The molecule has 1 aliphatic carbocycles. The minimum absolute atomic E-state index is 0.139. The van der Waals surface area contributed by atoms with Crippen molar-refractivity contribution >= 4 is 5.97 Å². The first-order valence-electron chi connectivity index (χ1n) is 6.07. The number of esters is 1. The van der Waals surface area contributed by atoms with Crippen LogP contribution in [-0.4, -0.2) is 18.1 Å². The van der Waals surface area contributed by atoms with Crippen LogP contribution in [0.5, 0.6) is 0 Å². The molecule has 0 aliphatic heterocycles. The molecule has 1 saturated carbocycles. The minimum Gasteiger partial charge on any atom is -0.466 e.